The summed E-state index contributed by atoms with van der Waals surface area (Å²) in [6.07, 6.45) is 0. The molecule has 0 amide bonds. The monoisotopic (exact) mass is 256 g/mol. The van der Waals surface area contributed by atoms with E-state index in [2.05, 4.69) is 0 Å². The summed E-state index contributed by atoms with van der Waals surface area (Å²) in [4.78, 5) is 11.9. The first-order valence-electron chi connectivity index (χ1n) is 6.07. The van der Waals surface area contributed by atoms with E-state index in [1.54, 1.807) is 62.4 Å². The Morgan fingerprint density at radius 1 is 1.05 bits per heavy atom. The molecule has 0 unspecified atom stereocenters. The van der Waals surface area contributed by atoms with E-state index in [0.29, 0.717) is 16.9 Å². The van der Waals surface area contributed by atoms with Crippen LogP contribution in [0.5, 0.6) is 5.75 Å². The molecule has 2 rings (SSSR count). The molecule has 98 valence electrons. The van der Waals surface area contributed by atoms with E-state index in [-0.39, 0.29) is 0 Å². The first-order valence-corrected chi connectivity index (χ1v) is 6.07. The van der Waals surface area contributed by atoms with Crippen LogP contribution in [-0.2, 0) is 5.60 Å². The summed E-state index contributed by atoms with van der Waals surface area (Å²) >= 11 is 0. The maximum absolute atomic E-state index is 11.9. The predicted octanol–water partition coefficient (Wildman–Crippen LogP) is 3.13. The second-order valence-electron chi connectivity index (χ2n) is 4.84. The van der Waals surface area contributed by atoms with E-state index in [9.17, 15) is 9.90 Å². The largest absolute Gasteiger partial charge is 0.423 e. The molecule has 0 spiro atoms. The van der Waals surface area contributed by atoms with Crippen LogP contribution in [0.15, 0.2) is 54.6 Å². The van der Waals surface area contributed by atoms with Crippen molar-refractivity contribution in [3.8, 4) is 5.75 Å². The summed E-state index contributed by atoms with van der Waals surface area (Å²) in [5, 5.41) is 9.92. The molecule has 0 aliphatic carbocycles. The zero-order chi connectivity index (χ0) is 13.9. The Balaban J connectivity index is 2.18. The second kappa shape index (κ2) is 5.24. The van der Waals surface area contributed by atoms with Gasteiger partial charge in [-0.3, -0.25) is 0 Å². The molecule has 0 heterocycles. The van der Waals surface area contributed by atoms with E-state index in [1.807, 2.05) is 6.07 Å². The van der Waals surface area contributed by atoms with Crippen LogP contribution in [0.25, 0.3) is 0 Å². The third-order valence-corrected chi connectivity index (χ3v) is 2.76. The topological polar surface area (TPSA) is 46.5 Å². The Hall–Kier alpha value is -2.13. The van der Waals surface area contributed by atoms with Gasteiger partial charge in [0.1, 0.15) is 5.75 Å². The summed E-state index contributed by atoms with van der Waals surface area (Å²) in [5.41, 5.74) is 0.233. The number of hydrogen-bond acceptors (Lipinski definition) is 3. The highest BCUT2D eigenvalue weighted by atomic mass is 16.5. The summed E-state index contributed by atoms with van der Waals surface area (Å²) in [5.74, 6) is 0.0157. The fourth-order valence-corrected chi connectivity index (χ4v) is 1.68. The van der Waals surface area contributed by atoms with Crippen LogP contribution < -0.4 is 4.74 Å². The Morgan fingerprint density at radius 3 is 2.37 bits per heavy atom. The minimum atomic E-state index is -0.963. The third kappa shape index (κ3) is 3.42. The number of esters is 1. The highest BCUT2D eigenvalue weighted by Crippen LogP contribution is 2.24. The minimum Gasteiger partial charge on any atom is -0.423 e. The highest BCUT2D eigenvalue weighted by Gasteiger charge is 2.17. The van der Waals surface area contributed by atoms with E-state index >= 15 is 0 Å². The Morgan fingerprint density at radius 2 is 1.74 bits per heavy atom. The number of rotatable bonds is 3. The van der Waals surface area contributed by atoms with Gasteiger partial charge in [0, 0.05) is 0 Å². The molecule has 0 saturated heterocycles. The van der Waals surface area contributed by atoms with Crippen molar-refractivity contribution in [3.05, 3.63) is 65.7 Å². The van der Waals surface area contributed by atoms with Crippen LogP contribution in [0.4, 0.5) is 0 Å². The number of carbonyl (C=O) groups excluding carboxylic acids is 1. The van der Waals surface area contributed by atoms with Crippen molar-refractivity contribution < 1.29 is 14.6 Å². The average molecular weight is 256 g/mol. The molecular weight excluding hydrogens is 240 g/mol. The summed E-state index contributed by atoms with van der Waals surface area (Å²) in [6.45, 7) is 3.37. The van der Waals surface area contributed by atoms with Gasteiger partial charge in [0.15, 0.2) is 0 Å². The molecule has 0 bridgehead atoms. The number of benzene rings is 2. The van der Waals surface area contributed by atoms with E-state index < -0.39 is 11.6 Å². The van der Waals surface area contributed by atoms with E-state index in [0.717, 1.165) is 0 Å². The van der Waals surface area contributed by atoms with Crippen molar-refractivity contribution in [2.75, 3.05) is 0 Å². The summed E-state index contributed by atoms with van der Waals surface area (Å²) in [7, 11) is 0. The Kier molecular flexibility index (Phi) is 3.67. The molecule has 0 aromatic heterocycles. The number of hydrogen-bond donors (Lipinski definition) is 1. The zero-order valence-corrected chi connectivity index (χ0v) is 11.0. The molecule has 0 fully saturated rings. The van der Waals surface area contributed by atoms with Gasteiger partial charge < -0.3 is 9.84 Å². The number of carbonyl (C=O) groups is 1. The predicted molar refractivity (Wildman–Crippen MR) is 73.1 cm³/mol. The number of ether oxygens (including phenoxy) is 1. The van der Waals surface area contributed by atoms with Gasteiger partial charge in [0.2, 0.25) is 0 Å². The molecule has 3 nitrogen and oxygen atoms in total. The Bertz CT molecular complexity index is 568. The van der Waals surface area contributed by atoms with Gasteiger partial charge in [-0.25, -0.2) is 4.79 Å². The van der Waals surface area contributed by atoms with E-state index in [4.69, 9.17) is 4.74 Å². The molecule has 0 atom stereocenters. The lowest BCUT2D eigenvalue weighted by atomic mass is 9.98. The van der Waals surface area contributed by atoms with Crippen molar-refractivity contribution in [2.24, 2.45) is 0 Å². The minimum absolute atomic E-state index is 0.409. The van der Waals surface area contributed by atoms with Crippen molar-refractivity contribution in [3.63, 3.8) is 0 Å². The van der Waals surface area contributed by atoms with Crippen LogP contribution in [0.1, 0.15) is 29.8 Å². The van der Waals surface area contributed by atoms with Crippen LogP contribution >= 0.6 is 0 Å². The lowest BCUT2D eigenvalue weighted by molar-refractivity contribution is 0.0715. The smallest absolute Gasteiger partial charge is 0.343 e. The van der Waals surface area contributed by atoms with Crippen molar-refractivity contribution >= 4 is 5.97 Å². The van der Waals surface area contributed by atoms with Crippen LogP contribution in [0.3, 0.4) is 0 Å². The van der Waals surface area contributed by atoms with Crippen molar-refractivity contribution in [2.45, 2.75) is 19.4 Å². The van der Waals surface area contributed by atoms with Gasteiger partial charge in [-0.1, -0.05) is 30.3 Å². The van der Waals surface area contributed by atoms with Crippen molar-refractivity contribution in [1.82, 2.24) is 0 Å². The normalized spacial score (nSPS) is 11.1. The quantitative estimate of drug-likeness (QED) is 0.678. The maximum atomic E-state index is 11.9. The third-order valence-electron chi connectivity index (χ3n) is 2.76. The van der Waals surface area contributed by atoms with Crippen LogP contribution in [0.2, 0.25) is 0 Å². The van der Waals surface area contributed by atoms with Gasteiger partial charge in [0.05, 0.1) is 11.2 Å². The SMILES string of the molecule is CC(C)(O)c1cccc(OC(=O)c2ccccc2)c1. The molecule has 0 saturated carbocycles. The molecule has 2 aromatic rings. The Labute approximate surface area is 112 Å². The van der Waals surface area contributed by atoms with Gasteiger partial charge >= 0.3 is 5.97 Å². The molecule has 0 aliphatic rings. The standard InChI is InChI=1S/C16H16O3/c1-16(2,18)13-9-6-10-14(11-13)19-15(17)12-7-4-3-5-8-12/h3-11,18H,1-2H3. The summed E-state index contributed by atoms with van der Waals surface area (Å²) in [6, 6.07) is 15.7. The average Bonchev–Trinajstić information content (AvgIpc) is 2.39. The zero-order valence-electron chi connectivity index (χ0n) is 11.0. The highest BCUT2D eigenvalue weighted by molar-refractivity contribution is 5.90. The first-order chi connectivity index (χ1) is 8.97. The fourth-order valence-electron chi connectivity index (χ4n) is 1.68. The molecule has 0 aliphatic heterocycles. The molecule has 3 heteroatoms. The fraction of sp³-hybridized carbons (Fsp3) is 0.188. The number of aliphatic hydroxyl groups is 1. The van der Waals surface area contributed by atoms with Gasteiger partial charge in [-0.05, 0) is 43.7 Å². The van der Waals surface area contributed by atoms with Gasteiger partial charge in [-0.2, -0.15) is 0 Å². The maximum Gasteiger partial charge on any atom is 0.343 e. The molecular formula is C16H16O3. The van der Waals surface area contributed by atoms with Crippen molar-refractivity contribution in [1.29, 1.82) is 0 Å². The lowest BCUT2D eigenvalue weighted by Gasteiger charge is -2.18. The van der Waals surface area contributed by atoms with Crippen LogP contribution in [0, 0.1) is 0 Å². The van der Waals surface area contributed by atoms with E-state index in [1.165, 1.54) is 0 Å². The lowest BCUT2D eigenvalue weighted by Crippen LogP contribution is -2.16. The van der Waals surface area contributed by atoms with Crippen LogP contribution in [-0.4, -0.2) is 11.1 Å². The molecule has 1 N–H and O–H groups in total. The van der Waals surface area contributed by atoms with Gasteiger partial charge in [0.25, 0.3) is 0 Å². The summed E-state index contributed by atoms with van der Waals surface area (Å²) < 4.78 is 5.29. The molecule has 0 radical (unpaired) electrons. The second-order valence-corrected chi connectivity index (χ2v) is 4.84. The molecule has 2 aromatic carbocycles. The first kappa shape index (κ1) is 13.3. The van der Waals surface area contributed by atoms with Gasteiger partial charge in [-0.15, -0.1) is 0 Å². The molecule has 19 heavy (non-hydrogen) atoms.